The topological polar surface area (TPSA) is 60.9 Å². The Balaban J connectivity index is 1.34. The third-order valence-corrected chi connectivity index (χ3v) is 6.60. The minimum Gasteiger partial charge on any atom is -0.394 e. The van der Waals surface area contributed by atoms with Gasteiger partial charge >= 0.3 is 0 Å². The zero-order valence-corrected chi connectivity index (χ0v) is 18.7. The SMILES string of the molecule is O=C(c1cccc(F)c1)N1CC(=O)N2[C@H](CO)[C@@H](c3ccc(C#Cc4ccc(F)cc4)cc3)[C@H]2C1. The van der Waals surface area contributed by atoms with Crippen molar-refractivity contribution in [1.29, 1.82) is 0 Å². The lowest BCUT2D eigenvalue weighted by molar-refractivity contribution is -0.159. The van der Waals surface area contributed by atoms with Gasteiger partial charge in [0.1, 0.15) is 18.2 Å². The van der Waals surface area contributed by atoms with Gasteiger partial charge in [-0.1, -0.05) is 30.0 Å². The fourth-order valence-corrected chi connectivity index (χ4v) is 4.92. The molecule has 0 radical (unpaired) electrons. The van der Waals surface area contributed by atoms with E-state index in [1.165, 1.54) is 41.3 Å². The first-order valence-corrected chi connectivity index (χ1v) is 11.3. The number of fused-ring (bicyclic) bond motifs is 1. The van der Waals surface area contributed by atoms with Crippen molar-refractivity contribution >= 4 is 11.8 Å². The van der Waals surface area contributed by atoms with E-state index in [0.717, 1.165) is 11.1 Å². The maximum Gasteiger partial charge on any atom is 0.254 e. The molecular formula is C28H22F2N2O3. The number of aliphatic hydroxyl groups is 1. The van der Waals surface area contributed by atoms with Crippen LogP contribution in [0.15, 0.2) is 72.8 Å². The second kappa shape index (κ2) is 9.32. The second-order valence-electron chi connectivity index (χ2n) is 8.72. The van der Waals surface area contributed by atoms with Crippen LogP contribution >= 0.6 is 0 Å². The Bertz CT molecular complexity index is 1330. The van der Waals surface area contributed by atoms with Gasteiger partial charge in [0, 0.05) is 29.2 Å². The monoisotopic (exact) mass is 472 g/mol. The normalized spacial score (nSPS) is 21.0. The van der Waals surface area contributed by atoms with Crippen LogP contribution in [0.5, 0.6) is 0 Å². The number of piperazine rings is 1. The molecule has 5 rings (SSSR count). The summed E-state index contributed by atoms with van der Waals surface area (Å²) in [7, 11) is 0. The highest BCUT2D eigenvalue weighted by Gasteiger charge is 2.54. The van der Waals surface area contributed by atoms with Crippen LogP contribution in [0.25, 0.3) is 0 Å². The van der Waals surface area contributed by atoms with Crippen LogP contribution in [0.2, 0.25) is 0 Å². The fraction of sp³-hybridized carbons (Fsp3) is 0.214. The maximum atomic E-state index is 13.6. The summed E-state index contributed by atoms with van der Waals surface area (Å²) in [6.45, 7) is 0.0121. The van der Waals surface area contributed by atoms with Gasteiger partial charge < -0.3 is 14.9 Å². The molecule has 3 aromatic carbocycles. The lowest BCUT2D eigenvalue weighted by atomic mass is 9.73. The van der Waals surface area contributed by atoms with Crippen molar-refractivity contribution in [2.75, 3.05) is 19.7 Å². The summed E-state index contributed by atoms with van der Waals surface area (Å²) >= 11 is 0. The average molecular weight is 472 g/mol. The number of carbonyl (C=O) groups is 2. The minimum atomic E-state index is -0.509. The van der Waals surface area contributed by atoms with E-state index in [2.05, 4.69) is 11.8 Å². The maximum absolute atomic E-state index is 13.6. The molecule has 0 unspecified atom stereocenters. The number of halogens is 2. The van der Waals surface area contributed by atoms with E-state index in [1.54, 1.807) is 17.0 Å². The Morgan fingerprint density at radius 3 is 2.23 bits per heavy atom. The number of rotatable bonds is 3. The molecule has 2 aliphatic rings. The summed E-state index contributed by atoms with van der Waals surface area (Å²) in [6.07, 6.45) is 0. The minimum absolute atomic E-state index is 0.104. The zero-order valence-electron chi connectivity index (χ0n) is 18.7. The van der Waals surface area contributed by atoms with E-state index in [9.17, 15) is 23.5 Å². The van der Waals surface area contributed by atoms with Crippen LogP contribution in [0.4, 0.5) is 8.78 Å². The highest BCUT2D eigenvalue weighted by Crippen LogP contribution is 2.43. The number of aliphatic hydroxyl groups excluding tert-OH is 1. The first-order chi connectivity index (χ1) is 16.9. The first kappa shape index (κ1) is 22.8. The van der Waals surface area contributed by atoms with Gasteiger partial charge in [0.05, 0.1) is 18.7 Å². The molecule has 0 aliphatic carbocycles. The second-order valence-corrected chi connectivity index (χ2v) is 8.72. The van der Waals surface area contributed by atoms with E-state index in [4.69, 9.17) is 0 Å². The van der Waals surface area contributed by atoms with E-state index in [-0.39, 0.29) is 48.4 Å². The van der Waals surface area contributed by atoms with Crippen molar-refractivity contribution in [3.63, 3.8) is 0 Å². The van der Waals surface area contributed by atoms with Crippen molar-refractivity contribution in [3.05, 3.63) is 107 Å². The molecule has 0 aromatic heterocycles. The standard InChI is InChI=1S/C28H22F2N2O3/c29-22-12-8-19(9-13-22)5-4-18-6-10-20(11-7-18)27-24-15-31(16-26(34)32(24)25(27)17-33)28(35)21-2-1-3-23(30)14-21/h1-3,6-14,24-25,27,33H,15-17H2/t24-,25-,27+/m1/s1. The molecule has 2 heterocycles. The summed E-state index contributed by atoms with van der Waals surface area (Å²) in [4.78, 5) is 28.8. The Hall–Kier alpha value is -4.02. The smallest absolute Gasteiger partial charge is 0.254 e. The van der Waals surface area contributed by atoms with E-state index in [1.807, 2.05) is 24.3 Å². The molecule has 35 heavy (non-hydrogen) atoms. The molecule has 0 spiro atoms. The molecule has 0 saturated carbocycles. The molecule has 0 bridgehead atoms. The highest BCUT2D eigenvalue weighted by atomic mass is 19.1. The summed E-state index contributed by atoms with van der Waals surface area (Å²) in [5.41, 5.74) is 2.61. The number of carbonyl (C=O) groups excluding carboxylic acids is 2. The summed E-state index contributed by atoms with van der Waals surface area (Å²) in [6, 6.07) is 18.3. The van der Waals surface area contributed by atoms with Gasteiger partial charge in [0.2, 0.25) is 5.91 Å². The number of hydrogen-bond acceptors (Lipinski definition) is 3. The first-order valence-electron chi connectivity index (χ1n) is 11.3. The Kier molecular flexibility index (Phi) is 6.06. The van der Waals surface area contributed by atoms with Gasteiger partial charge in [-0.05, 0) is 60.2 Å². The van der Waals surface area contributed by atoms with Gasteiger partial charge in [0.25, 0.3) is 5.91 Å². The van der Waals surface area contributed by atoms with Crippen molar-refractivity contribution in [1.82, 2.24) is 9.80 Å². The predicted molar refractivity (Wildman–Crippen MR) is 125 cm³/mol. The summed E-state index contributed by atoms with van der Waals surface area (Å²) < 4.78 is 26.7. The van der Waals surface area contributed by atoms with E-state index in [0.29, 0.717) is 12.1 Å². The van der Waals surface area contributed by atoms with Gasteiger partial charge in [-0.15, -0.1) is 0 Å². The Labute approximate surface area is 201 Å². The van der Waals surface area contributed by atoms with Crippen molar-refractivity contribution < 1.29 is 23.5 Å². The van der Waals surface area contributed by atoms with Crippen LogP contribution < -0.4 is 0 Å². The number of hydrogen-bond donors (Lipinski definition) is 1. The van der Waals surface area contributed by atoms with E-state index < -0.39 is 11.7 Å². The quantitative estimate of drug-likeness (QED) is 0.596. The van der Waals surface area contributed by atoms with Gasteiger partial charge in [0.15, 0.2) is 0 Å². The van der Waals surface area contributed by atoms with Gasteiger partial charge in [-0.25, -0.2) is 8.78 Å². The Morgan fingerprint density at radius 2 is 1.60 bits per heavy atom. The summed E-state index contributed by atoms with van der Waals surface area (Å²) in [5.74, 6) is 4.44. The van der Waals surface area contributed by atoms with Crippen LogP contribution in [0, 0.1) is 23.5 Å². The summed E-state index contributed by atoms with van der Waals surface area (Å²) in [5, 5.41) is 9.98. The fourth-order valence-electron chi connectivity index (χ4n) is 4.92. The lowest BCUT2D eigenvalue weighted by Crippen LogP contribution is -2.73. The third-order valence-electron chi connectivity index (χ3n) is 6.60. The van der Waals surface area contributed by atoms with Crippen LogP contribution in [0.3, 0.4) is 0 Å². The predicted octanol–water partition coefficient (Wildman–Crippen LogP) is 3.18. The van der Waals surface area contributed by atoms with Gasteiger partial charge in [-0.2, -0.15) is 0 Å². The Morgan fingerprint density at radius 1 is 0.943 bits per heavy atom. The van der Waals surface area contributed by atoms with Crippen LogP contribution in [-0.4, -0.2) is 58.5 Å². The van der Waals surface area contributed by atoms with Crippen molar-refractivity contribution in [2.45, 2.75) is 18.0 Å². The molecule has 5 nitrogen and oxygen atoms in total. The molecule has 2 saturated heterocycles. The van der Waals surface area contributed by atoms with Crippen molar-refractivity contribution in [2.24, 2.45) is 0 Å². The molecule has 1 N–H and O–H groups in total. The molecule has 2 amide bonds. The third kappa shape index (κ3) is 4.41. The number of benzene rings is 3. The lowest BCUT2D eigenvalue weighted by Gasteiger charge is -2.58. The molecule has 2 aliphatic heterocycles. The van der Waals surface area contributed by atoms with Crippen LogP contribution in [0.1, 0.15) is 33.0 Å². The van der Waals surface area contributed by atoms with E-state index >= 15 is 0 Å². The molecule has 2 fully saturated rings. The average Bonchev–Trinajstić information content (AvgIpc) is 2.85. The molecule has 3 aromatic rings. The van der Waals surface area contributed by atoms with Crippen LogP contribution in [-0.2, 0) is 4.79 Å². The number of nitrogens with zero attached hydrogens (tertiary/aromatic N) is 2. The van der Waals surface area contributed by atoms with Gasteiger partial charge in [-0.3, -0.25) is 9.59 Å². The molecule has 7 heteroatoms. The molecule has 3 atom stereocenters. The highest BCUT2D eigenvalue weighted by molar-refractivity contribution is 5.97. The zero-order chi connectivity index (χ0) is 24.5. The number of amides is 2. The molecular weight excluding hydrogens is 450 g/mol. The molecule has 176 valence electrons. The largest absolute Gasteiger partial charge is 0.394 e. The van der Waals surface area contributed by atoms with Crippen molar-refractivity contribution in [3.8, 4) is 11.8 Å².